The summed E-state index contributed by atoms with van der Waals surface area (Å²) in [5.74, 6) is 2.32. The second kappa shape index (κ2) is 2.11. The summed E-state index contributed by atoms with van der Waals surface area (Å²) in [6.07, 6.45) is 3.20. The number of hydrogen-bond donors (Lipinski definition) is 0. The fourth-order valence-corrected chi connectivity index (χ4v) is 9.74. The van der Waals surface area contributed by atoms with Gasteiger partial charge in [-0.25, -0.2) is 0 Å². The average Bonchev–Trinajstić information content (AvgIpc) is 2.22. The van der Waals surface area contributed by atoms with E-state index in [1.54, 1.807) is 17.3 Å². The van der Waals surface area contributed by atoms with Crippen molar-refractivity contribution < 1.29 is 0 Å². The Hall–Kier alpha value is 0.730. The summed E-state index contributed by atoms with van der Waals surface area (Å²) >= 11 is -0.329. The van der Waals surface area contributed by atoms with Gasteiger partial charge in [-0.2, -0.15) is 0 Å². The van der Waals surface area contributed by atoms with Crippen molar-refractivity contribution in [3.05, 3.63) is 0 Å². The zero-order chi connectivity index (χ0) is 6.43. The molecule has 0 N–H and O–H groups in total. The molecule has 0 aromatic heterocycles. The summed E-state index contributed by atoms with van der Waals surface area (Å²) in [4.78, 5) is 2.59. The molecular formula is C8H15I. The van der Waals surface area contributed by atoms with Crippen LogP contribution in [0, 0.1) is 11.8 Å². The molecule has 1 heteroatoms. The molecule has 2 rings (SSSR count). The fraction of sp³-hybridized carbons (Fsp3) is 1.00. The van der Waals surface area contributed by atoms with Crippen LogP contribution in [0.15, 0.2) is 0 Å². The van der Waals surface area contributed by atoms with Crippen LogP contribution in [0.4, 0.5) is 0 Å². The predicted octanol–water partition coefficient (Wildman–Crippen LogP) is 2.55. The van der Waals surface area contributed by atoms with Gasteiger partial charge in [0.1, 0.15) is 0 Å². The molecule has 3 atom stereocenters. The van der Waals surface area contributed by atoms with Crippen LogP contribution in [0.1, 0.15) is 19.8 Å². The molecule has 1 saturated heterocycles. The molecule has 0 nitrogen and oxygen atoms in total. The molecule has 0 aromatic carbocycles. The third-order valence-electron chi connectivity index (χ3n) is 2.82. The van der Waals surface area contributed by atoms with E-state index in [1.165, 1.54) is 9.84 Å². The second-order valence-corrected chi connectivity index (χ2v) is 9.76. The predicted molar refractivity (Wildman–Crippen MR) is 50.5 cm³/mol. The summed E-state index contributed by atoms with van der Waals surface area (Å²) in [6.45, 7) is 2.47. The molecule has 1 aliphatic heterocycles. The molecule has 1 aliphatic carbocycles. The molecule has 2 aliphatic rings. The van der Waals surface area contributed by atoms with Crippen molar-refractivity contribution in [2.24, 2.45) is 11.8 Å². The Morgan fingerprint density at radius 1 is 1.33 bits per heavy atom. The van der Waals surface area contributed by atoms with Crippen LogP contribution in [-0.2, 0) is 0 Å². The monoisotopic (exact) mass is 238 g/mol. The van der Waals surface area contributed by atoms with Gasteiger partial charge in [-0.1, -0.05) is 0 Å². The first-order chi connectivity index (χ1) is 4.27. The van der Waals surface area contributed by atoms with Crippen LogP contribution in [0.2, 0.25) is 0 Å². The van der Waals surface area contributed by atoms with E-state index >= 15 is 0 Å². The average molecular weight is 238 g/mol. The molecule has 0 amide bonds. The molecular weight excluding hydrogens is 223 g/mol. The van der Waals surface area contributed by atoms with E-state index < -0.39 is 0 Å². The van der Waals surface area contributed by atoms with Gasteiger partial charge >= 0.3 is 64.7 Å². The molecule has 0 radical (unpaired) electrons. The summed E-state index contributed by atoms with van der Waals surface area (Å²) in [5.41, 5.74) is 0. The molecule has 2 bridgehead atoms. The minimum absolute atomic E-state index is 0.329. The van der Waals surface area contributed by atoms with E-state index in [9.17, 15) is 0 Å². The van der Waals surface area contributed by atoms with Crippen molar-refractivity contribution in [3.63, 3.8) is 0 Å². The first-order valence-electron chi connectivity index (χ1n) is 3.82. The van der Waals surface area contributed by atoms with Crippen LogP contribution in [0.3, 0.4) is 0 Å². The van der Waals surface area contributed by atoms with Crippen LogP contribution >= 0.6 is 19.8 Å². The Kier molecular flexibility index (Phi) is 1.51. The van der Waals surface area contributed by atoms with E-state index in [0.717, 1.165) is 5.92 Å². The second-order valence-electron chi connectivity index (χ2n) is 3.62. The third kappa shape index (κ3) is 0.920. The standard InChI is InChI=1S/C8H15I/c1-6-3-7-4-8(6)9(2)5-7/h6-8H,3-5H2,1-2H3. The molecule has 9 heavy (non-hydrogen) atoms. The van der Waals surface area contributed by atoms with Crippen molar-refractivity contribution in [2.75, 3.05) is 9.36 Å². The van der Waals surface area contributed by atoms with E-state index in [-0.39, 0.29) is 19.8 Å². The zero-order valence-electron chi connectivity index (χ0n) is 6.23. The van der Waals surface area contributed by atoms with Gasteiger partial charge in [-0.15, -0.1) is 0 Å². The maximum atomic E-state index is 2.59. The number of rotatable bonds is 0. The van der Waals surface area contributed by atoms with Crippen molar-refractivity contribution in [2.45, 2.75) is 23.7 Å². The van der Waals surface area contributed by atoms with Gasteiger partial charge in [0.2, 0.25) is 0 Å². The maximum absolute atomic E-state index is 2.59. The van der Waals surface area contributed by atoms with Gasteiger partial charge in [0, 0.05) is 0 Å². The summed E-state index contributed by atoms with van der Waals surface area (Å²) in [7, 11) is 0. The van der Waals surface area contributed by atoms with Gasteiger partial charge in [0.05, 0.1) is 0 Å². The molecule has 1 saturated carbocycles. The van der Waals surface area contributed by atoms with Crippen LogP contribution in [0.25, 0.3) is 0 Å². The van der Waals surface area contributed by atoms with Gasteiger partial charge in [-0.3, -0.25) is 0 Å². The van der Waals surface area contributed by atoms with E-state index in [1.807, 2.05) is 0 Å². The van der Waals surface area contributed by atoms with Crippen LogP contribution in [-0.4, -0.2) is 13.3 Å². The number of alkyl halides is 3. The Morgan fingerprint density at radius 3 is 2.44 bits per heavy atom. The molecule has 54 valence electrons. The summed E-state index contributed by atoms with van der Waals surface area (Å²) in [5, 5.41) is 0. The van der Waals surface area contributed by atoms with Crippen molar-refractivity contribution in [3.8, 4) is 0 Å². The van der Waals surface area contributed by atoms with E-state index in [4.69, 9.17) is 0 Å². The van der Waals surface area contributed by atoms with E-state index in [2.05, 4.69) is 11.9 Å². The van der Waals surface area contributed by atoms with Crippen LogP contribution in [0.5, 0.6) is 0 Å². The Morgan fingerprint density at radius 2 is 2.11 bits per heavy atom. The normalized spacial score (nSPS) is 52.7. The Bertz CT molecular complexity index is 110. The molecule has 0 spiro atoms. The van der Waals surface area contributed by atoms with Gasteiger partial charge in [-0.05, 0) is 0 Å². The van der Waals surface area contributed by atoms with Gasteiger partial charge in [0.15, 0.2) is 0 Å². The number of fused-ring (bicyclic) bond motifs is 2. The minimum atomic E-state index is -0.329. The quantitative estimate of drug-likeness (QED) is 0.449. The van der Waals surface area contributed by atoms with Gasteiger partial charge in [0.25, 0.3) is 0 Å². The molecule has 1 heterocycles. The van der Waals surface area contributed by atoms with Crippen molar-refractivity contribution in [1.82, 2.24) is 0 Å². The Labute approximate surface area is 64.8 Å². The van der Waals surface area contributed by atoms with Gasteiger partial charge < -0.3 is 0 Å². The Balaban J connectivity index is 2.13. The SMILES string of the molecule is CC1CC2CC1I(C)C2. The van der Waals surface area contributed by atoms with Crippen molar-refractivity contribution >= 4 is 19.8 Å². The molecule has 2 fully saturated rings. The number of hydrogen-bond acceptors (Lipinski definition) is 0. The number of halogens is 1. The fourth-order valence-electron chi connectivity index (χ4n) is 2.42. The van der Waals surface area contributed by atoms with E-state index in [0.29, 0.717) is 0 Å². The first-order valence-corrected chi connectivity index (χ1v) is 8.74. The first kappa shape index (κ1) is 6.44. The summed E-state index contributed by atoms with van der Waals surface area (Å²) < 4.78 is 2.96. The third-order valence-corrected chi connectivity index (χ3v) is 9.92. The zero-order valence-corrected chi connectivity index (χ0v) is 8.39. The van der Waals surface area contributed by atoms with Crippen molar-refractivity contribution in [1.29, 1.82) is 0 Å². The molecule has 0 aromatic rings. The topological polar surface area (TPSA) is 0 Å². The van der Waals surface area contributed by atoms with Crippen LogP contribution < -0.4 is 0 Å². The molecule has 3 unspecified atom stereocenters. The summed E-state index contributed by atoms with van der Waals surface area (Å²) in [6, 6.07) is 0.